The van der Waals surface area contributed by atoms with Crippen LogP contribution >= 0.6 is 0 Å². The second-order valence-corrected chi connectivity index (χ2v) is 12.4. The van der Waals surface area contributed by atoms with Crippen LogP contribution < -0.4 is 11.5 Å². The molecule has 40 heavy (non-hydrogen) atoms. The number of fused-ring (bicyclic) bond motifs is 4. The van der Waals surface area contributed by atoms with E-state index in [-0.39, 0.29) is 11.5 Å². The summed E-state index contributed by atoms with van der Waals surface area (Å²) in [4.78, 5) is 2.75. The Hall–Kier alpha value is -3.82. The molecule has 5 aliphatic carbocycles. The topological polar surface area (TPSA) is 55.3 Å². The van der Waals surface area contributed by atoms with Gasteiger partial charge in [0.1, 0.15) is 0 Å². The molecule has 3 heteroatoms. The number of hydrogen-bond donors (Lipinski definition) is 2. The molecule has 0 fully saturated rings. The summed E-state index contributed by atoms with van der Waals surface area (Å²) in [6.07, 6.45) is 36.1. The molecule has 7 atom stereocenters. The summed E-state index contributed by atoms with van der Waals surface area (Å²) in [6, 6.07) is 9.45. The Balaban J connectivity index is 1.23. The lowest BCUT2D eigenvalue weighted by Crippen LogP contribution is -2.44. The molecule has 1 aromatic rings. The molecule has 0 amide bonds. The van der Waals surface area contributed by atoms with Crippen molar-refractivity contribution in [1.82, 2.24) is 4.90 Å². The van der Waals surface area contributed by atoms with Gasteiger partial charge in [0.2, 0.25) is 0 Å². The van der Waals surface area contributed by atoms with Gasteiger partial charge in [-0.2, -0.15) is 0 Å². The fourth-order valence-corrected chi connectivity index (χ4v) is 7.55. The maximum absolute atomic E-state index is 6.81. The van der Waals surface area contributed by atoms with Crippen LogP contribution in [0.2, 0.25) is 0 Å². The van der Waals surface area contributed by atoms with Crippen LogP contribution in [0.4, 0.5) is 0 Å². The quantitative estimate of drug-likeness (QED) is 0.437. The fourth-order valence-electron chi connectivity index (χ4n) is 7.55. The summed E-state index contributed by atoms with van der Waals surface area (Å²) in [6.45, 7) is 4.56. The van der Waals surface area contributed by atoms with Crippen molar-refractivity contribution in [2.24, 2.45) is 34.6 Å². The van der Waals surface area contributed by atoms with E-state index in [4.69, 9.17) is 11.5 Å². The normalized spacial score (nSPS) is 34.2. The van der Waals surface area contributed by atoms with Crippen LogP contribution in [-0.4, -0.2) is 17.0 Å². The van der Waals surface area contributed by atoms with Gasteiger partial charge in [0.05, 0.1) is 12.1 Å². The van der Waals surface area contributed by atoms with Gasteiger partial charge >= 0.3 is 0 Å². The van der Waals surface area contributed by atoms with E-state index >= 15 is 0 Å². The van der Waals surface area contributed by atoms with E-state index in [9.17, 15) is 0 Å². The molecule has 0 aromatic heterocycles. The van der Waals surface area contributed by atoms with E-state index in [2.05, 4.69) is 122 Å². The predicted molar refractivity (Wildman–Crippen MR) is 166 cm³/mol. The second kappa shape index (κ2) is 9.67. The molecule has 6 aliphatic rings. The summed E-state index contributed by atoms with van der Waals surface area (Å²) in [5.74, 6) is 1.21. The van der Waals surface area contributed by atoms with Gasteiger partial charge < -0.3 is 16.4 Å². The molecule has 1 aromatic carbocycles. The predicted octanol–water partition coefficient (Wildman–Crippen LogP) is 7.21. The largest absolute Gasteiger partial charge is 0.402 e. The zero-order chi connectivity index (χ0) is 27.4. The van der Waals surface area contributed by atoms with E-state index in [0.717, 1.165) is 24.1 Å². The Labute approximate surface area is 238 Å². The van der Waals surface area contributed by atoms with E-state index in [1.165, 1.54) is 28.0 Å². The second-order valence-electron chi connectivity index (χ2n) is 12.4. The number of hydrogen-bond acceptors (Lipinski definition) is 3. The highest BCUT2D eigenvalue weighted by atomic mass is 15.2. The zero-order valence-corrected chi connectivity index (χ0v) is 23.4. The molecule has 0 radical (unpaired) electrons. The van der Waals surface area contributed by atoms with Crippen LogP contribution in [0.25, 0.3) is 5.57 Å². The van der Waals surface area contributed by atoms with Crippen molar-refractivity contribution in [2.75, 3.05) is 0 Å². The van der Waals surface area contributed by atoms with Crippen LogP contribution in [0.3, 0.4) is 0 Å². The van der Waals surface area contributed by atoms with Gasteiger partial charge in [-0.15, -0.1) is 0 Å². The minimum absolute atomic E-state index is 0.156. The van der Waals surface area contributed by atoms with Crippen molar-refractivity contribution in [2.45, 2.75) is 44.8 Å². The van der Waals surface area contributed by atoms with Crippen LogP contribution in [-0.2, 0) is 0 Å². The maximum atomic E-state index is 6.81. The van der Waals surface area contributed by atoms with Crippen molar-refractivity contribution in [3.8, 4) is 0 Å². The zero-order valence-electron chi connectivity index (χ0n) is 23.4. The first-order valence-corrected chi connectivity index (χ1v) is 14.8. The standard InChI is InChI=1S/C37H39N3/c1-24-22-28(25-15-17-27(18-16-25)36(39)37(2)21-9-8-14-33(37)38)23-32-31-20-19-26-10-6-7-13-30(26)35(31)40(34(24)32)29-11-4-3-5-12-29/h3-11,13-20,22-24,26,29-30,34,36H,12,21,38-39H2,1-2H3. The summed E-state index contributed by atoms with van der Waals surface area (Å²) < 4.78 is 0. The number of benzene rings is 1. The molecule has 7 rings (SSSR count). The van der Waals surface area contributed by atoms with E-state index < -0.39 is 0 Å². The Morgan fingerprint density at radius 1 is 0.950 bits per heavy atom. The van der Waals surface area contributed by atoms with Gasteiger partial charge in [0, 0.05) is 34.7 Å². The molecular weight excluding hydrogens is 486 g/mol. The highest BCUT2D eigenvalue weighted by Gasteiger charge is 2.46. The molecule has 0 saturated heterocycles. The minimum atomic E-state index is -0.267. The lowest BCUT2D eigenvalue weighted by Gasteiger charge is -2.42. The third kappa shape index (κ3) is 3.90. The monoisotopic (exact) mass is 525 g/mol. The maximum Gasteiger partial charge on any atom is 0.0613 e. The van der Waals surface area contributed by atoms with Crippen LogP contribution in [0, 0.1) is 23.2 Å². The minimum Gasteiger partial charge on any atom is -0.402 e. The number of rotatable bonds is 4. The van der Waals surface area contributed by atoms with Crippen molar-refractivity contribution in [3.63, 3.8) is 0 Å². The summed E-state index contributed by atoms with van der Waals surface area (Å²) >= 11 is 0. The molecule has 7 unspecified atom stereocenters. The van der Waals surface area contributed by atoms with Crippen LogP contribution in [0.5, 0.6) is 0 Å². The Morgan fingerprint density at radius 2 is 1.75 bits per heavy atom. The van der Waals surface area contributed by atoms with Gasteiger partial charge in [0.25, 0.3) is 0 Å². The van der Waals surface area contributed by atoms with Crippen LogP contribution in [0.1, 0.15) is 43.9 Å². The Bertz CT molecular complexity index is 1520. The lowest BCUT2D eigenvalue weighted by molar-refractivity contribution is 0.202. The third-order valence-electron chi connectivity index (χ3n) is 9.93. The molecule has 4 N–H and O–H groups in total. The highest BCUT2D eigenvalue weighted by molar-refractivity contribution is 5.80. The van der Waals surface area contributed by atoms with E-state index in [0.29, 0.717) is 29.8 Å². The van der Waals surface area contributed by atoms with Crippen molar-refractivity contribution in [1.29, 1.82) is 0 Å². The van der Waals surface area contributed by atoms with Gasteiger partial charge in [0.15, 0.2) is 0 Å². The number of nitrogens with zero attached hydrogens (tertiary/aromatic N) is 1. The van der Waals surface area contributed by atoms with Gasteiger partial charge in [-0.25, -0.2) is 0 Å². The highest BCUT2D eigenvalue weighted by Crippen LogP contribution is 2.51. The number of allylic oxidation sites excluding steroid dienone is 13. The molecular formula is C37H39N3. The molecule has 0 spiro atoms. The first-order valence-electron chi connectivity index (χ1n) is 14.8. The average molecular weight is 526 g/mol. The van der Waals surface area contributed by atoms with Crippen molar-refractivity contribution in [3.05, 3.63) is 149 Å². The first kappa shape index (κ1) is 25.2. The van der Waals surface area contributed by atoms with Gasteiger partial charge in [-0.3, -0.25) is 0 Å². The summed E-state index contributed by atoms with van der Waals surface area (Å²) in [7, 11) is 0. The van der Waals surface area contributed by atoms with E-state index in [1.807, 2.05) is 12.2 Å². The molecule has 1 aliphatic heterocycles. The first-order chi connectivity index (χ1) is 19.5. The lowest BCUT2D eigenvalue weighted by atomic mass is 9.72. The van der Waals surface area contributed by atoms with Crippen molar-refractivity contribution < 1.29 is 0 Å². The molecule has 202 valence electrons. The molecule has 3 nitrogen and oxygen atoms in total. The average Bonchev–Trinajstić information content (AvgIpc) is 3.34. The Morgan fingerprint density at radius 3 is 2.52 bits per heavy atom. The van der Waals surface area contributed by atoms with Crippen molar-refractivity contribution >= 4 is 5.57 Å². The number of nitrogens with two attached hydrogens (primary N) is 2. The molecule has 0 saturated carbocycles. The Kier molecular flexibility index (Phi) is 6.09. The van der Waals surface area contributed by atoms with Crippen LogP contribution in [0.15, 0.2) is 138 Å². The fraction of sp³-hybridized carbons (Fsp3) is 0.297. The summed E-state index contributed by atoms with van der Waals surface area (Å²) in [5.41, 5.74) is 21.8. The molecule has 0 bridgehead atoms. The van der Waals surface area contributed by atoms with Gasteiger partial charge in [-0.05, 0) is 58.8 Å². The summed E-state index contributed by atoms with van der Waals surface area (Å²) in [5, 5.41) is 0. The van der Waals surface area contributed by atoms with E-state index in [1.54, 1.807) is 0 Å². The molecule has 1 heterocycles. The smallest absolute Gasteiger partial charge is 0.0613 e. The third-order valence-corrected chi connectivity index (χ3v) is 9.93. The SMILES string of the molecule is CC1C=C(c2ccc(C(N)C3(C)CC=CC=C3N)cc2)C=C2C3=C(C4C=CC=CC4C=C3)N(C3C=CC=CC3)C21. The van der Waals surface area contributed by atoms with Gasteiger partial charge in [-0.1, -0.05) is 117 Å².